The lowest BCUT2D eigenvalue weighted by Gasteiger charge is -2.28. The number of carboxylic acid groups (broad SMARTS) is 1. The van der Waals surface area contributed by atoms with Crippen molar-refractivity contribution in [2.75, 3.05) is 24.6 Å². The lowest BCUT2D eigenvalue weighted by atomic mass is 10.1. The Balaban J connectivity index is 1.94. The number of aliphatic carboxylic acids is 1. The second-order valence-corrected chi connectivity index (χ2v) is 7.06. The van der Waals surface area contributed by atoms with Crippen molar-refractivity contribution in [3.05, 3.63) is 18.2 Å². The summed E-state index contributed by atoms with van der Waals surface area (Å²) in [5.74, 6) is -1.36. The lowest BCUT2D eigenvalue weighted by Crippen LogP contribution is -2.52. The Morgan fingerprint density at radius 2 is 2.10 bits per heavy atom. The number of aromatic amines is 1. The van der Waals surface area contributed by atoms with Crippen LogP contribution in [0.2, 0.25) is 0 Å². The predicted molar refractivity (Wildman–Crippen MR) is 72.5 cm³/mol. The SMILES string of the molecule is O=C(O)[C@@H](Cc1cnc[nH]1)NC(=O)N1CCS(=O)(=O)CC1. The second-order valence-electron chi connectivity index (χ2n) is 4.76. The molecule has 1 aliphatic rings. The molecule has 0 saturated carbocycles. The summed E-state index contributed by atoms with van der Waals surface area (Å²) in [6, 6.07) is -1.67. The number of carbonyl (C=O) groups excluding carboxylic acids is 1. The highest BCUT2D eigenvalue weighted by Crippen LogP contribution is 2.05. The van der Waals surface area contributed by atoms with Gasteiger partial charge in [-0.25, -0.2) is 23.0 Å². The smallest absolute Gasteiger partial charge is 0.326 e. The number of nitrogens with zero attached hydrogens (tertiary/aromatic N) is 2. The normalized spacial score (nSPS) is 19.0. The zero-order valence-corrected chi connectivity index (χ0v) is 12.0. The molecule has 9 nitrogen and oxygen atoms in total. The van der Waals surface area contributed by atoms with Crippen molar-refractivity contribution in [2.24, 2.45) is 0 Å². The summed E-state index contributed by atoms with van der Waals surface area (Å²) in [7, 11) is -3.09. The van der Waals surface area contributed by atoms with Gasteiger partial charge in [-0.05, 0) is 0 Å². The molecule has 0 radical (unpaired) electrons. The maximum absolute atomic E-state index is 12.0. The van der Waals surface area contributed by atoms with Crippen LogP contribution in [0, 0.1) is 0 Å². The Morgan fingerprint density at radius 3 is 2.62 bits per heavy atom. The zero-order valence-electron chi connectivity index (χ0n) is 11.2. The molecule has 2 amide bonds. The summed E-state index contributed by atoms with van der Waals surface area (Å²) in [6.07, 6.45) is 2.98. The first kappa shape index (κ1) is 15.3. The molecule has 1 aromatic rings. The average Bonchev–Trinajstić information content (AvgIpc) is 2.90. The highest BCUT2D eigenvalue weighted by Gasteiger charge is 2.28. The molecule has 3 N–H and O–H groups in total. The first-order valence-electron chi connectivity index (χ1n) is 6.33. The number of H-pyrrole nitrogens is 1. The van der Waals surface area contributed by atoms with Gasteiger partial charge in [0.15, 0.2) is 9.84 Å². The van der Waals surface area contributed by atoms with Gasteiger partial charge in [0.1, 0.15) is 6.04 Å². The second kappa shape index (κ2) is 6.12. The minimum absolute atomic E-state index is 0.0740. The Bertz CT molecular complexity index is 599. The van der Waals surface area contributed by atoms with Gasteiger partial charge in [-0.2, -0.15) is 0 Å². The minimum Gasteiger partial charge on any atom is -0.480 e. The quantitative estimate of drug-likeness (QED) is 0.642. The van der Waals surface area contributed by atoms with E-state index in [0.717, 1.165) is 0 Å². The van der Waals surface area contributed by atoms with Crippen molar-refractivity contribution in [1.29, 1.82) is 0 Å². The molecule has 0 unspecified atom stereocenters. The number of rotatable bonds is 4. The zero-order chi connectivity index (χ0) is 15.5. The maximum atomic E-state index is 12.0. The molecule has 0 spiro atoms. The van der Waals surface area contributed by atoms with Crippen LogP contribution in [0.25, 0.3) is 0 Å². The fourth-order valence-electron chi connectivity index (χ4n) is 1.97. The average molecular weight is 316 g/mol. The van der Waals surface area contributed by atoms with Gasteiger partial charge in [-0.15, -0.1) is 0 Å². The van der Waals surface area contributed by atoms with E-state index in [1.807, 2.05) is 0 Å². The van der Waals surface area contributed by atoms with Gasteiger partial charge < -0.3 is 20.3 Å². The van der Waals surface area contributed by atoms with Crippen molar-refractivity contribution >= 4 is 21.8 Å². The number of hydrogen-bond acceptors (Lipinski definition) is 5. The highest BCUT2D eigenvalue weighted by atomic mass is 32.2. The van der Waals surface area contributed by atoms with Crippen LogP contribution >= 0.6 is 0 Å². The number of aromatic nitrogens is 2. The van der Waals surface area contributed by atoms with Crippen LogP contribution in [0.1, 0.15) is 5.69 Å². The third-order valence-corrected chi connectivity index (χ3v) is 4.82. The van der Waals surface area contributed by atoms with E-state index in [1.165, 1.54) is 17.4 Å². The highest BCUT2D eigenvalue weighted by molar-refractivity contribution is 7.91. The Kier molecular flexibility index (Phi) is 4.46. The van der Waals surface area contributed by atoms with E-state index in [0.29, 0.717) is 5.69 Å². The fourth-order valence-corrected chi connectivity index (χ4v) is 3.17. The lowest BCUT2D eigenvalue weighted by molar-refractivity contribution is -0.139. The van der Waals surface area contributed by atoms with E-state index < -0.39 is 27.9 Å². The van der Waals surface area contributed by atoms with Gasteiger partial charge in [0, 0.05) is 31.4 Å². The fraction of sp³-hybridized carbons (Fsp3) is 0.545. The molecule has 116 valence electrons. The largest absolute Gasteiger partial charge is 0.480 e. The van der Waals surface area contributed by atoms with E-state index in [9.17, 15) is 18.0 Å². The van der Waals surface area contributed by atoms with Crippen molar-refractivity contribution in [2.45, 2.75) is 12.5 Å². The van der Waals surface area contributed by atoms with Crippen LogP contribution in [0.15, 0.2) is 12.5 Å². The van der Waals surface area contributed by atoms with Crippen LogP contribution in [0.4, 0.5) is 4.79 Å². The molecule has 2 heterocycles. The monoisotopic (exact) mass is 316 g/mol. The van der Waals surface area contributed by atoms with Gasteiger partial charge >= 0.3 is 12.0 Å². The van der Waals surface area contributed by atoms with Crippen molar-refractivity contribution in [3.63, 3.8) is 0 Å². The summed E-state index contributed by atoms with van der Waals surface area (Å²) >= 11 is 0. The molecule has 0 aliphatic carbocycles. The molecule has 1 aromatic heterocycles. The molecular weight excluding hydrogens is 300 g/mol. The van der Waals surface area contributed by atoms with Gasteiger partial charge in [0.05, 0.1) is 17.8 Å². The number of amides is 2. The molecule has 1 fully saturated rings. The first-order chi connectivity index (χ1) is 9.87. The molecule has 1 atom stereocenters. The summed E-state index contributed by atoms with van der Waals surface area (Å²) < 4.78 is 22.6. The number of urea groups is 1. The molecular formula is C11H16N4O5S. The maximum Gasteiger partial charge on any atom is 0.326 e. The van der Waals surface area contributed by atoms with Crippen molar-refractivity contribution in [1.82, 2.24) is 20.2 Å². The molecule has 2 rings (SSSR count). The third-order valence-electron chi connectivity index (χ3n) is 3.21. The van der Waals surface area contributed by atoms with Gasteiger partial charge in [0.25, 0.3) is 0 Å². The van der Waals surface area contributed by atoms with E-state index in [4.69, 9.17) is 5.11 Å². The van der Waals surface area contributed by atoms with Crippen LogP contribution in [-0.2, 0) is 21.1 Å². The number of sulfone groups is 1. The number of imidazole rings is 1. The first-order valence-corrected chi connectivity index (χ1v) is 8.15. The van der Waals surface area contributed by atoms with Crippen LogP contribution in [0.5, 0.6) is 0 Å². The Labute approximate surface area is 121 Å². The van der Waals surface area contributed by atoms with E-state index >= 15 is 0 Å². The summed E-state index contributed by atoms with van der Waals surface area (Å²) in [5.41, 5.74) is 0.587. The molecule has 1 aliphatic heterocycles. The molecule has 21 heavy (non-hydrogen) atoms. The van der Waals surface area contributed by atoms with Crippen molar-refractivity contribution in [3.8, 4) is 0 Å². The predicted octanol–water partition coefficient (Wildman–Crippen LogP) is -1.15. The molecule has 10 heteroatoms. The number of carbonyl (C=O) groups is 2. The summed E-state index contributed by atoms with van der Waals surface area (Å²) in [5, 5.41) is 11.5. The van der Waals surface area contributed by atoms with E-state index in [1.54, 1.807) is 0 Å². The van der Waals surface area contributed by atoms with Crippen molar-refractivity contribution < 1.29 is 23.1 Å². The number of nitrogens with one attached hydrogen (secondary N) is 2. The van der Waals surface area contributed by atoms with E-state index in [2.05, 4.69) is 15.3 Å². The van der Waals surface area contributed by atoms with Gasteiger partial charge in [0.2, 0.25) is 0 Å². The number of hydrogen-bond donors (Lipinski definition) is 3. The standard InChI is InChI=1S/C11H16N4O5S/c16-10(17)9(5-8-6-12-7-13-8)14-11(18)15-1-3-21(19,20)4-2-15/h6-7,9H,1-5H2,(H,12,13)(H,14,18)(H,16,17)/t9-/m1/s1. The van der Waals surface area contributed by atoms with Gasteiger partial charge in [-0.3, -0.25) is 0 Å². The topological polar surface area (TPSA) is 132 Å². The van der Waals surface area contributed by atoms with E-state index in [-0.39, 0.29) is 31.0 Å². The Hall–Kier alpha value is -2.10. The van der Waals surface area contributed by atoms with Gasteiger partial charge in [-0.1, -0.05) is 0 Å². The van der Waals surface area contributed by atoms with Crippen LogP contribution in [-0.4, -0.2) is 71.0 Å². The number of carboxylic acids is 1. The summed E-state index contributed by atoms with van der Waals surface area (Å²) in [6.45, 7) is 0.148. The third kappa shape index (κ3) is 4.18. The molecule has 1 saturated heterocycles. The Morgan fingerprint density at radius 1 is 1.43 bits per heavy atom. The minimum atomic E-state index is -3.09. The molecule has 0 aromatic carbocycles. The van der Waals surface area contributed by atoms with Crippen LogP contribution < -0.4 is 5.32 Å². The summed E-state index contributed by atoms with van der Waals surface area (Å²) in [4.78, 5) is 31.0. The molecule has 0 bridgehead atoms. The van der Waals surface area contributed by atoms with Crippen LogP contribution in [0.3, 0.4) is 0 Å².